The molecule has 3 N–H and O–H groups in total. The summed E-state index contributed by atoms with van der Waals surface area (Å²) in [6.45, 7) is 2.75. The second kappa shape index (κ2) is 6.12. The van der Waals surface area contributed by atoms with Gasteiger partial charge < -0.3 is 15.8 Å². The fraction of sp³-hybridized carbons (Fsp3) is 0.312. The van der Waals surface area contributed by atoms with Gasteiger partial charge in [-0.2, -0.15) is 15.1 Å². The van der Waals surface area contributed by atoms with E-state index >= 15 is 0 Å². The summed E-state index contributed by atoms with van der Waals surface area (Å²) in [6, 6.07) is 6.15. The maximum Gasteiger partial charge on any atom is 0.226 e. The number of hydrogen-bond acceptors (Lipinski definition) is 6. The van der Waals surface area contributed by atoms with E-state index in [-0.39, 0.29) is 0 Å². The van der Waals surface area contributed by atoms with Crippen LogP contribution in [0.2, 0.25) is 0 Å². The second-order valence-corrected chi connectivity index (χ2v) is 5.43. The Bertz CT molecular complexity index is 842. The molecule has 23 heavy (non-hydrogen) atoms. The van der Waals surface area contributed by atoms with E-state index in [1.54, 1.807) is 18.0 Å². The monoisotopic (exact) mass is 312 g/mol. The molecule has 0 saturated heterocycles. The van der Waals surface area contributed by atoms with Gasteiger partial charge in [-0.1, -0.05) is 17.7 Å². The summed E-state index contributed by atoms with van der Waals surface area (Å²) < 4.78 is 7.08. The first kappa shape index (κ1) is 15.1. The molecule has 0 radical (unpaired) electrons. The fourth-order valence-corrected chi connectivity index (χ4v) is 2.53. The van der Waals surface area contributed by atoms with E-state index in [9.17, 15) is 0 Å². The van der Waals surface area contributed by atoms with Crippen molar-refractivity contribution in [3.05, 3.63) is 35.5 Å². The second-order valence-electron chi connectivity index (χ2n) is 5.43. The quantitative estimate of drug-likeness (QED) is 0.748. The smallest absolute Gasteiger partial charge is 0.226 e. The third-order valence-corrected chi connectivity index (χ3v) is 3.73. The van der Waals surface area contributed by atoms with Gasteiger partial charge in [-0.25, -0.2) is 0 Å². The van der Waals surface area contributed by atoms with Crippen LogP contribution in [-0.2, 0) is 13.5 Å². The van der Waals surface area contributed by atoms with Crippen molar-refractivity contribution in [1.29, 1.82) is 0 Å². The number of benzene rings is 1. The first-order valence-corrected chi connectivity index (χ1v) is 7.41. The normalized spacial score (nSPS) is 10.9. The molecule has 2 aromatic heterocycles. The summed E-state index contributed by atoms with van der Waals surface area (Å²) in [4.78, 5) is 8.73. The van der Waals surface area contributed by atoms with Crippen molar-refractivity contribution < 1.29 is 4.74 Å². The van der Waals surface area contributed by atoms with E-state index in [0.717, 1.165) is 23.1 Å². The summed E-state index contributed by atoms with van der Waals surface area (Å²) in [6.07, 6.45) is 2.48. The van der Waals surface area contributed by atoms with E-state index in [2.05, 4.69) is 33.4 Å². The molecule has 0 aliphatic carbocycles. The Balaban J connectivity index is 1.74. The van der Waals surface area contributed by atoms with Gasteiger partial charge in [0.2, 0.25) is 5.95 Å². The van der Waals surface area contributed by atoms with Gasteiger partial charge in [0, 0.05) is 13.6 Å². The Morgan fingerprint density at radius 1 is 1.30 bits per heavy atom. The molecule has 3 rings (SSSR count). The van der Waals surface area contributed by atoms with E-state index in [0.29, 0.717) is 24.0 Å². The first-order chi connectivity index (χ1) is 11.1. The molecule has 120 valence electrons. The number of fused-ring (bicyclic) bond motifs is 1. The Morgan fingerprint density at radius 2 is 2.13 bits per heavy atom. The molecule has 0 bridgehead atoms. The zero-order valence-corrected chi connectivity index (χ0v) is 13.5. The van der Waals surface area contributed by atoms with Crippen molar-refractivity contribution in [2.75, 3.05) is 24.7 Å². The molecular formula is C16H20N6O. The van der Waals surface area contributed by atoms with E-state index in [1.165, 1.54) is 5.56 Å². The van der Waals surface area contributed by atoms with Crippen LogP contribution in [0.4, 0.5) is 11.8 Å². The van der Waals surface area contributed by atoms with Crippen LogP contribution in [0.15, 0.2) is 24.4 Å². The van der Waals surface area contributed by atoms with Crippen LogP contribution < -0.4 is 15.8 Å². The van der Waals surface area contributed by atoms with Crippen LogP contribution >= 0.6 is 0 Å². The zero-order chi connectivity index (χ0) is 16.4. The standard InChI is InChI=1S/C16H20N6O/c1-10-4-5-13(23-3)11(8-10)6-7-18-16-20-14(17)12-9-19-22(2)15(12)21-16/h4-5,8-9H,6-7H2,1-3H3,(H3,17,18,20,21). The zero-order valence-electron chi connectivity index (χ0n) is 13.5. The fourth-order valence-electron chi connectivity index (χ4n) is 2.53. The highest BCUT2D eigenvalue weighted by molar-refractivity contribution is 5.86. The lowest BCUT2D eigenvalue weighted by atomic mass is 10.1. The Hall–Kier alpha value is -2.83. The maximum absolute atomic E-state index is 5.95. The number of methoxy groups -OCH3 is 1. The van der Waals surface area contributed by atoms with Crippen molar-refractivity contribution in [2.45, 2.75) is 13.3 Å². The number of anilines is 2. The lowest BCUT2D eigenvalue weighted by Crippen LogP contribution is -2.10. The highest BCUT2D eigenvalue weighted by atomic mass is 16.5. The number of nitrogen functional groups attached to an aromatic ring is 1. The van der Waals surface area contributed by atoms with Gasteiger partial charge in [-0.15, -0.1) is 0 Å². The van der Waals surface area contributed by atoms with E-state index in [4.69, 9.17) is 10.5 Å². The number of nitrogens with two attached hydrogens (primary N) is 1. The lowest BCUT2D eigenvalue weighted by molar-refractivity contribution is 0.410. The van der Waals surface area contributed by atoms with Crippen LogP contribution in [0.25, 0.3) is 11.0 Å². The molecule has 0 atom stereocenters. The van der Waals surface area contributed by atoms with Gasteiger partial charge in [0.05, 0.1) is 18.7 Å². The van der Waals surface area contributed by atoms with Crippen LogP contribution in [0, 0.1) is 6.92 Å². The number of ether oxygens (including phenoxy) is 1. The third-order valence-electron chi connectivity index (χ3n) is 3.73. The van der Waals surface area contributed by atoms with Gasteiger partial charge in [0.1, 0.15) is 11.6 Å². The molecule has 0 spiro atoms. The van der Waals surface area contributed by atoms with Crippen molar-refractivity contribution >= 4 is 22.8 Å². The molecule has 7 heteroatoms. The minimum Gasteiger partial charge on any atom is -0.496 e. The molecular weight excluding hydrogens is 292 g/mol. The average molecular weight is 312 g/mol. The van der Waals surface area contributed by atoms with Gasteiger partial charge in [-0.3, -0.25) is 4.68 Å². The SMILES string of the molecule is COc1ccc(C)cc1CCNc1nc(N)c2cnn(C)c2n1. The molecule has 3 aromatic rings. The summed E-state index contributed by atoms with van der Waals surface area (Å²) in [5.41, 5.74) is 9.02. The molecule has 0 amide bonds. The average Bonchev–Trinajstić information content (AvgIpc) is 2.90. The van der Waals surface area contributed by atoms with Crippen LogP contribution in [0.1, 0.15) is 11.1 Å². The molecule has 0 aliphatic heterocycles. The van der Waals surface area contributed by atoms with Crippen molar-refractivity contribution in [1.82, 2.24) is 19.7 Å². The molecule has 0 aliphatic rings. The van der Waals surface area contributed by atoms with Crippen molar-refractivity contribution in [2.24, 2.45) is 7.05 Å². The number of hydrogen-bond donors (Lipinski definition) is 2. The lowest BCUT2D eigenvalue weighted by Gasteiger charge is -2.10. The number of aromatic nitrogens is 4. The summed E-state index contributed by atoms with van der Waals surface area (Å²) in [5, 5.41) is 8.13. The van der Waals surface area contributed by atoms with Crippen molar-refractivity contribution in [3.8, 4) is 5.75 Å². The van der Waals surface area contributed by atoms with Gasteiger partial charge in [0.15, 0.2) is 5.65 Å². The van der Waals surface area contributed by atoms with Crippen LogP contribution in [-0.4, -0.2) is 33.4 Å². The van der Waals surface area contributed by atoms with Gasteiger partial charge in [-0.05, 0) is 25.0 Å². The largest absolute Gasteiger partial charge is 0.496 e. The summed E-state index contributed by atoms with van der Waals surface area (Å²) >= 11 is 0. The predicted octanol–water partition coefficient (Wildman–Crippen LogP) is 1.92. The predicted molar refractivity (Wildman–Crippen MR) is 90.6 cm³/mol. The third kappa shape index (κ3) is 3.03. The number of rotatable bonds is 5. The highest BCUT2D eigenvalue weighted by Gasteiger charge is 2.09. The van der Waals surface area contributed by atoms with Crippen LogP contribution in [0.3, 0.4) is 0 Å². The maximum atomic E-state index is 5.95. The van der Waals surface area contributed by atoms with Gasteiger partial charge in [0.25, 0.3) is 0 Å². The minimum atomic E-state index is 0.429. The molecule has 1 aromatic carbocycles. The van der Waals surface area contributed by atoms with E-state index in [1.807, 2.05) is 19.2 Å². The van der Waals surface area contributed by atoms with Gasteiger partial charge >= 0.3 is 0 Å². The Kier molecular flexibility index (Phi) is 4.01. The Labute approximate surface area is 134 Å². The molecule has 0 saturated carbocycles. The van der Waals surface area contributed by atoms with E-state index < -0.39 is 0 Å². The Morgan fingerprint density at radius 3 is 2.91 bits per heavy atom. The number of nitrogens with one attached hydrogen (secondary N) is 1. The number of aryl methyl sites for hydroxylation is 2. The van der Waals surface area contributed by atoms with Crippen molar-refractivity contribution in [3.63, 3.8) is 0 Å². The summed E-state index contributed by atoms with van der Waals surface area (Å²) in [7, 11) is 3.51. The topological polar surface area (TPSA) is 90.9 Å². The molecule has 7 nitrogen and oxygen atoms in total. The molecule has 0 unspecified atom stereocenters. The minimum absolute atomic E-state index is 0.429. The highest BCUT2D eigenvalue weighted by Crippen LogP contribution is 2.21. The summed E-state index contributed by atoms with van der Waals surface area (Å²) in [5.74, 6) is 1.82. The first-order valence-electron chi connectivity index (χ1n) is 7.41. The number of nitrogens with zero attached hydrogens (tertiary/aromatic N) is 4. The molecule has 0 fully saturated rings. The van der Waals surface area contributed by atoms with Crippen LogP contribution in [0.5, 0.6) is 5.75 Å². The molecule has 2 heterocycles.